The van der Waals surface area contributed by atoms with E-state index in [0.29, 0.717) is 0 Å². The van der Waals surface area contributed by atoms with Crippen LogP contribution in [0.3, 0.4) is 0 Å². The van der Waals surface area contributed by atoms with E-state index >= 15 is 0 Å². The van der Waals surface area contributed by atoms with E-state index in [9.17, 15) is 5.21 Å². The molecule has 0 spiro atoms. The minimum atomic E-state index is 0.779. The Morgan fingerprint density at radius 3 is 3.00 bits per heavy atom. The topological polar surface area (TPSA) is 39.0 Å². The van der Waals surface area contributed by atoms with Gasteiger partial charge in [0.15, 0.2) is 11.9 Å². The lowest BCUT2D eigenvalue weighted by Crippen LogP contribution is -2.32. The number of likely N-dealkylation sites (N-methyl/N-ethyl adjacent to an activating group) is 1. The Morgan fingerprint density at radius 1 is 1.55 bits per heavy atom. The SMILES string of the molecule is CNCCc1cccc[n+]1[O-]. The molecule has 0 amide bonds. The average Bonchev–Trinajstić information content (AvgIpc) is 2.03. The molecule has 0 aliphatic carbocycles. The van der Waals surface area contributed by atoms with Gasteiger partial charge in [-0.1, -0.05) is 6.07 Å². The Hall–Kier alpha value is -1.09. The maximum atomic E-state index is 11.0. The van der Waals surface area contributed by atoms with E-state index in [4.69, 9.17) is 0 Å². The zero-order chi connectivity index (χ0) is 8.10. The van der Waals surface area contributed by atoms with Gasteiger partial charge in [-0.25, -0.2) is 0 Å². The Balaban J connectivity index is 2.62. The molecule has 1 N–H and O–H groups in total. The summed E-state index contributed by atoms with van der Waals surface area (Å²) in [5, 5.41) is 14.0. The number of hydrogen-bond donors (Lipinski definition) is 1. The normalized spacial score (nSPS) is 9.91. The van der Waals surface area contributed by atoms with Crippen LogP contribution in [0, 0.1) is 5.21 Å². The van der Waals surface area contributed by atoms with Gasteiger partial charge in [-0.05, 0) is 7.05 Å². The quantitative estimate of drug-likeness (QED) is 0.492. The van der Waals surface area contributed by atoms with Gasteiger partial charge in [0, 0.05) is 25.1 Å². The van der Waals surface area contributed by atoms with E-state index in [1.54, 1.807) is 6.07 Å². The van der Waals surface area contributed by atoms with E-state index in [2.05, 4.69) is 5.32 Å². The van der Waals surface area contributed by atoms with Crippen LogP contribution in [0.4, 0.5) is 0 Å². The van der Waals surface area contributed by atoms with Crippen LogP contribution in [0.2, 0.25) is 0 Å². The lowest BCUT2D eigenvalue weighted by molar-refractivity contribution is -0.613. The van der Waals surface area contributed by atoms with Crippen LogP contribution < -0.4 is 10.0 Å². The van der Waals surface area contributed by atoms with E-state index in [1.165, 1.54) is 6.20 Å². The fraction of sp³-hybridized carbons (Fsp3) is 0.375. The second-order valence-electron chi connectivity index (χ2n) is 2.37. The van der Waals surface area contributed by atoms with Crippen LogP contribution in [0.25, 0.3) is 0 Å². The van der Waals surface area contributed by atoms with Crippen molar-refractivity contribution in [3.05, 3.63) is 35.3 Å². The predicted octanol–water partition coefficient (Wildman–Crippen LogP) is 0.0819. The van der Waals surface area contributed by atoms with Crippen molar-refractivity contribution in [1.82, 2.24) is 5.32 Å². The van der Waals surface area contributed by atoms with Gasteiger partial charge in [0.2, 0.25) is 0 Å². The summed E-state index contributed by atoms with van der Waals surface area (Å²) in [6, 6.07) is 5.44. The summed E-state index contributed by atoms with van der Waals surface area (Å²) >= 11 is 0. The number of aromatic nitrogens is 1. The number of rotatable bonds is 3. The summed E-state index contributed by atoms with van der Waals surface area (Å²) in [5.41, 5.74) is 0.807. The fourth-order valence-electron chi connectivity index (χ4n) is 0.910. The molecule has 0 aromatic carbocycles. The molecule has 0 atom stereocenters. The van der Waals surface area contributed by atoms with Crippen molar-refractivity contribution < 1.29 is 4.73 Å². The molecule has 60 valence electrons. The first-order valence-corrected chi connectivity index (χ1v) is 3.66. The molecular weight excluding hydrogens is 140 g/mol. The summed E-state index contributed by atoms with van der Waals surface area (Å²) in [7, 11) is 1.87. The van der Waals surface area contributed by atoms with Crippen molar-refractivity contribution in [3.8, 4) is 0 Å². The first kappa shape index (κ1) is 8.01. The van der Waals surface area contributed by atoms with Gasteiger partial charge in [0.1, 0.15) is 0 Å². The standard InChI is InChI=1S/C8H12N2O/c1-9-6-5-8-4-2-3-7-10(8)11/h2-4,7,9H,5-6H2,1H3. The second-order valence-corrected chi connectivity index (χ2v) is 2.37. The number of nitrogens with one attached hydrogen (secondary N) is 1. The van der Waals surface area contributed by atoms with Crippen molar-refractivity contribution in [2.75, 3.05) is 13.6 Å². The van der Waals surface area contributed by atoms with Gasteiger partial charge in [0.25, 0.3) is 0 Å². The van der Waals surface area contributed by atoms with Gasteiger partial charge >= 0.3 is 0 Å². The van der Waals surface area contributed by atoms with E-state index in [-0.39, 0.29) is 0 Å². The van der Waals surface area contributed by atoms with Gasteiger partial charge < -0.3 is 10.5 Å². The Kier molecular flexibility index (Phi) is 2.86. The molecule has 3 heteroatoms. The maximum absolute atomic E-state index is 11.0. The van der Waals surface area contributed by atoms with Crippen molar-refractivity contribution in [2.45, 2.75) is 6.42 Å². The van der Waals surface area contributed by atoms with Crippen LogP contribution in [0.1, 0.15) is 5.69 Å². The van der Waals surface area contributed by atoms with Gasteiger partial charge in [-0.15, -0.1) is 0 Å². The van der Waals surface area contributed by atoms with Crippen molar-refractivity contribution in [1.29, 1.82) is 0 Å². The van der Waals surface area contributed by atoms with Crippen LogP contribution in [0.5, 0.6) is 0 Å². The molecule has 0 unspecified atom stereocenters. The van der Waals surface area contributed by atoms with Crippen LogP contribution >= 0.6 is 0 Å². The average molecular weight is 152 g/mol. The van der Waals surface area contributed by atoms with Crippen LogP contribution in [-0.2, 0) is 6.42 Å². The number of pyridine rings is 1. The van der Waals surface area contributed by atoms with Gasteiger partial charge in [-0.2, -0.15) is 4.73 Å². The minimum absolute atomic E-state index is 0.779. The smallest absolute Gasteiger partial charge is 0.194 e. The summed E-state index contributed by atoms with van der Waals surface area (Å²) < 4.78 is 0.900. The monoisotopic (exact) mass is 152 g/mol. The van der Waals surface area contributed by atoms with Gasteiger partial charge in [-0.3, -0.25) is 0 Å². The molecule has 0 bridgehead atoms. The van der Waals surface area contributed by atoms with Crippen molar-refractivity contribution in [3.63, 3.8) is 0 Å². The number of hydrogen-bond acceptors (Lipinski definition) is 2. The Bertz CT molecular complexity index is 225. The maximum Gasteiger partial charge on any atom is 0.194 e. The zero-order valence-corrected chi connectivity index (χ0v) is 6.58. The molecular formula is C8H12N2O. The zero-order valence-electron chi connectivity index (χ0n) is 6.58. The van der Waals surface area contributed by atoms with Crippen molar-refractivity contribution in [2.24, 2.45) is 0 Å². The minimum Gasteiger partial charge on any atom is -0.619 e. The molecule has 11 heavy (non-hydrogen) atoms. The first-order valence-electron chi connectivity index (χ1n) is 3.66. The molecule has 1 aromatic heterocycles. The molecule has 3 nitrogen and oxygen atoms in total. The van der Waals surface area contributed by atoms with E-state index < -0.39 is 0 Å². The van der Waals surface area contributed by atoms with E-state index in [0.717, 1.165) is 23.4 Å². The summed E-state index contributed by atoms with van der Waals surface area (Å²) in [6.07, 6.45) is 2.30. The van der Waals surface area contributed by atoms with Crippen LogP contribution in [0.15, 0.2) is 24.4 Å². The van der Waals surface area contributed by atoms with Crippen molar-refractivity contribution >= 4 is 0 Å². The van der Waals surface area contributed by atoms with Gasteiger partial charge in [0.05, 0.1) is 0 Å². The second kappa shape index (κ2) is 3.93. The highest BCUT2D eigenvalue weighted by molar-refractivity contribution is 4.97. The molecule has 0 aliphatic heterocycles. The Labute approximate surface area is 66.3 Å². The number of nitrogens with zero attached hydrogens (tertiary/aromatic N) is 1. The fourth-order valence-corrected chi connectivity index (χ4v) is 0.910. The molecule has 1 aromatic rings. The third kappa shape index (κ3) is 2.20. The predicted molar refractivity (Wildman–Crippen MR) is 43.0 cm³/mol. The molecule has 0 fully saturated rings. The molecule has 0 saturated heterocycles. The third-order valence-electron chi connectivity index (χ3n) is 1.54. The summed E-state index contributed by atoms with van der Waals surface area (Å²) in [5.74, 6) is 0. The Morgan fingerprint density at radius 2 is 2.36 bits per heavy atom. The lowest BCUT2D eigenvalue weighted by Gasteiger charge is -2.02. The molecule has 1 rings (SSSR count). The summed E-state index contributed by atoms with van der Waals surface area (Å²) in [4.78, 5) is 0. The highest BCUT2D eigenvalue weighted by Crippen LogP contribution is 1.90. The lowest BCUT2D eigenvalue weighted by atomic mass is 10.3. The molecule has 0 saturated carbocycles. The van der Waals surface area contributed by atoms with E-state index in [1.807, 2.05) is 19.2 Å². The largest absolute Gasteiger partial charge is 0.619 e. The first-order chi connectivity index (χ1) is 5.34. The molecule has 1 heterocycles. The highest BCUT2D eigenvalue weighted by Gasteiger charge is 2.00. The third-order valence-corrected chi connectivity index (χ3v) is 1.54. The highest BCUT2D eigenvalue weighted by atomic mass is 16.5. The summed E-state index contributed by atoms with van der Waals surface area (Å²) in [6.45, 7) is 0.840. The van der Waals surface area contributed by atoms with Crippen LogP contribution in [-0.4, -0.2) is 13.6 Å². The molecule has 0 aliphatic rings. The molecule has 0 radical (unpaired) electrons.